The Kier molecular flexibility index (Phi) is 2.94. The van der Waals surface area contributed by atoms with Gasteiger partial charge in [-0.05, 0) is 18.2 Å². The van der Waals surface area contributed by atoms with Crippen molar-refractivity contribution in [1.82, 2.24) is 0 Å². The summed E-state index contributed by atoms with van der Waals surface area (Å²) in [6.07, 6.45) is 1.49. The van der Waals surface area contributed by atoms with Crippen LogP contribution in [0.5, 0.6) is 5.75 Å². The topological polar surface area (TPSA) is 47.6 Å². The van der Waals surface area contributed by atoms with Gasteiger partial charge >= 0.3 is 0 Å². The van der Waals surface area contributed by atoms with Crippen molar-refractivity contribution in [1.29, 1.82) is 0 Å². The summed E-state index contributed by atoms with van der Waals surface area (Å²) in [5, 5.41) is 4.02. The van der Waals surface area contributed by atoms with Gasteiger partial charge in [0.1, 0.15) is 5.75 Å². The van der Waals surface area contributed by atoms with E-state index in [1.807, 2.05) is 0 Å². The lowest BCUT2D eigenvalue weighted by atomic mass is 10.2. The highest BCUT2D eigenvalue weighted by Gasteiger charge is 1.99. The first-order valence-electron chi connectivity index (χ1n) is 3.34. The third-order valence-electron chi connectivity index (χ3n) is 1.41. The van der Waals surface area contributed by atoms with Gasteiger partial charge in [0.05, 0.1) is 13.3 Å². The molecule has 1 aromatic rings. The molecule has 0 amide bonds. The van der Waals surface area contributed by atoms with Crippen molar-refractivity contribution in [3.8, 4) is 5.75 Å². The summed E-state index contributed by atoms with van der Waals surface area (Å²) in [5.41, 5.74) is 0.771. The van der Waals surface area contributed by atoms with Crippen molar-refractivity contribution in [2.24, 2.45) is 10.9 Å². The van der Waals surface area contributed by atoms with Crippen LogP contribution >= 0.6 is 11.6 Å². The van der Waals surface area contributed by atoms with E-state index in [1.165, 1.54) is 6.21 Å². The first-order valence-corrected chi connectivity index (χ1v) is 3.72. The quantitative estimate of drug-likeness (QED) is 0.432. The van der Waals surface area contributed by atoms with E-state index in [9.17, 15) is 0 Å². The number of hydrogen-bond donors (Lipinski definition) is 1. The molecule has 1 aromatic carbocycles. The molecule has 0 aliphatic rings. The van der Waals surface area contributed by atoms with Crippen molar-refractivity contribution in [3.63, 3.8) is 0 Å². The summed E-state index contributed by atoms with van der Waals surface area (Å²) in [4.78, 5) is 0. The third-order valence-corrected chi connectivity index (χ3v) is 1.64. The van der Waals surface area contributed by atoms with Crippen LogP contribution in [0.4, 0.5) is 0 Å². The molecule has 0 radical (unpaired) electrons. The Hall–Kier alpha value is -1.22. The Morgan fingerprint density at radius 2 is 2.33 bits per heavy atom. The van der Waals surface area contributed by atoms with Crippen LogP contribution in [0.2, 0.25) is 5.02 Å². The van der Waals surface area contributed by atoms with E-state index in [0.29, 0.717) is 10.8 Å². The number of ether oxygens (including phenoxy) is 1. The van der Waals surface area contributed by atoms with Crippen molar-refractivity contribution in [2.75, 3.05) is 7.11 Å². The van der Waals surface area contributed by atoms with Crippen molar-refractivity contribution < 1.29 is 4.74 Å². The Bertz CT molecular complexity index is 299. The lowest BCUT2D eigenvalue weighted by Gasteiger charge is -2.03. The molecule has 0 aliphatic carbocycles. The zero-order chi connectivity index (χ0) is 8.97. The van der Waals surface area contributed by atoms with Gasteiger partial charge in [0.25, 0.3) is 0 Å². The molecule has 0 atom stereocenters. The summed E-state index contributed by atoms with van der Waals surface area (Å²) in [6.45, 7) is 0. The van der Waals surface area contributed by atoms with Gasteiger partial charge in [-0.1, -0.05) is 11.6 Å². The molecule has 3 nitrogen and oxygen atoms in total. The summed E-state index contributed by atoms with van der Waals surface area (Å²) < 4.78 is 5.05. The minimum atomic E-state index is 0.630. The van der Waals surface area contributed by atoms with E-state index in [1.54, 1.807) is 25.3 Å². The lowest BCUT2D eigenvalue weighted by Crippen LogP contribution is -1.92. The Balaban J connectivity index is 3.12. The molecule has 12 heavy (non-hydrogen) atoms. The molecule has 0 aromatic heterocycles. The molecule has 0 unspecified atom stereocenters. The number of benzene rings is 1. The highest BCUT2D eigenvalue weighted by Crippen LogP contribution is 2.20. The number of hydrogen-bond acceptors (Lipinski definition) is 3. The van der Waals surface area contributed by atoms with E-state index < -0.39 is 0 Å². The zero-order valence-electron chi connectivity index (χ0n) is 6.62. The molecule has 0 heterocycles. The largest absolute Gasteiger partial charge is 0.496 e. The lowest BCUT2D eigenvalue weighted by molar-refractivity contribution is 0.414. The molecule has 0 saturated carbocycles. The molecule has 0 aliphatic heterocycles. The summed E-state index contributed by atoms with van der Waals surface area (Å²) in [5.74, 6) is 5.71. The SMILES string of the molecule is COc1ccc(Cl)cc1C=NN. The maximum Gasteiger partial charge on any atom is 0.127 e. The highest BCUT2D eigenvalue weighted by molar-refractivity contribution is 6.30. The summed E-state index contributed by atoms with van der Waals surface area (Å²) >= 11 is 5.75. The van der Waals surface area contributed by atoms with Crippen molar-refractivity contribution in [2.45, 2.75) is 0 Å². The van der Waals surface area contributed by atoms with Crippen LogP contribution in [-0.4, -0.2) is 13.3 Å². The van der Waals surface area contributed by atoms with Crippen LogP contribution in [0.1, 0.15) is 5.56 Å². The molecule has 0 fully saturated rings. The maximum absolute atomic E-state index is 5.75. The number of nitrogens with zero attached hydrogens (tertiary/aromatic N) is 1. The monoisotopic (exact) mass is 184 g/mol. The zero-order valence-corrected chi connectivity index (χ0v) is 7.38. The van der Waals surface area contributed by atoms with Gasteiger partial charge < -0.3 is 10.6 Å². The van der Waals surface area contributed by atoms with Crippen molar-refractivity contribution in [3.05, 3.63) is 28.8 Å². The fourth-order valence-corrected chi connectivity index (χ4v) is 1.07. The minimum Gasteiger partial charge on any atom is -0.496 e. The number of halogens is 1. The standard InChI is InChI=1S/C8H9ClN2O/c1-12-8-3-2-7(9)4-6(8)5-11-10/h2-5H,10H2,1H3. The molecular formula is C8H9ClN2O. The first kappa shape index (κ1) is 8.87. The first-order chi connectivity index (χ1) is 5.77. The predicted molar refractivity (Wildman–Crippen MR) is 49.8 cm³/mol. The van der Waals surface area contributed by atoms with Crippen LogP contribution in [0.3, 0.4) is 0 Å². The molecule has 1 rings (SSSR count). The summed E-state index contributed by atoms with van der Waals surface area (Å²) in [7, 11) is 1.58. The van der Waals surface area contributed by atoms with Crippen LogP contribution in [0, 0.1) is 0 Å². The second-order valence-corrected chi connectivity index (χ2v) is 2.60. The van der Waals surface area contributed by atoms with Gasteiger partial charge in [-0.15, -0.1) is 0 Å². The van der Waals surface area contributed by atoms with Gasteiger partial charge in [0.15, 0.2) is 0 Å². The Labute approximate surface area is 75.8 Å². The van der Waals surface area contributed by atoms with E-state index in [4.69, 9.17) is 22.2 Å². The van der Waals surface area contributed by atoms with E-state index in [2.05, 4.69) is 5.10 Å². The third kappa shape index (κ3) is 1.89. The smallest absolute Gasteiger partial charge is 0.127 e. The molecule has 0 saturated heterocycles. The second kappa shape index (κ2) is 3.97. The van der Waals surface area contributed by atoms with Gasteiger partial charge in [-0.2, -0.15) is 5.10 Å². The summed E-state index contributed by atoms with van der Waals surface area (Å²) in [6, 6.07) is 5.24. The molecule has 2 N–H and O–H groups in total. The fourth-order valence-electron chi connectivity index (χ4n) is 0.886. The highest BCUT2D eigenvalue weighted by atomic mass is 35.5. The minimum absolute atomic E-state index is 0.630. The maximum atomic E-state index is 5.75. The van der Waals surface area contributed by atoms with Gasteiger partial charge in [0.2, 0.25) is 0 Å². The van der Waals surface area contributed by atoms with Crippen LogP contribution in [-0.2, 0) is 0 Å². The fraction of sp³-hybridized carbons (Fsp3) is 0.125. The van der Waals surface area contributed by atoms with Gasteiger partial charge in [-0.3, -0.25) is 0 Å². The van der Waals surface area contributed by atoms with Crippen LogP contribution < -0.4 is 10.6 Å². The van der Waals surface area contributed by atoms with Gasteiger partial charge in [-0.25, -0.2) is 0 Å². The van der Waals surface area contributed by atoms with Gasteiger partial charge in [0, 0.05) is 10.6 Å². The molecule has 4 heteroatoms. The predicted octanol–water partition coefficient (Wildman–Crippen LogP) is 1.64. The van der Waals surface area contributed by atoms with Crippen LogP contribution in [0.25, 0.3) is 0 Å². The Morgan fingerprint density at radius 3 is 2.92 bits per heavy atom. The van der Waals surface area contributed by atoms with Crippen LogP contribution in [0.15, 0.2) is 23.3 Å². The molecule has 64 valence electrons. The number of methoxy groups -OCH3 is 1. The second-order valence-electron chi connectivity index (χ2n) is 2.16. The average molecular weight is 185 g/mol. The Morgan fingerprint density at radius 1 is 1.58 bits per heavy atom. The number of rotatable bonds is 2. The normalized spacial score (nSPS) is 10.5. The van der Waals surface area contributed by atoms with E-state index in [0.717, 1.165) is 5.56 Å². The number of hydrazone groups is 1. The van der Waals surface area contributed by atoms with E-state index >= 15 is 0 Å². The number of nitrogens with two attached hydrogens (primary N) is 1. The molecular weight excluding hydrogens is 176 g/mol. The average Bonchev–Trinajstić information content (AvgIpc) is 2.05. The molecule has 0 spiro atoms. The van der Waals surface area contributed by atoms with E-state index in [-0.39, 0.29) is 0 Å². The molecule has 0 bridgehead atoms. The van der Waals surface area contributed by atoms with Crippen molar-refractivity contribution >= 4 is 17.8 Å².